The fraction of sp³-hybridized carbons (Fsp3) is 0.692. The molecule has 1 aliphatic carbocycles. The number of amides is 1. The van der Waals surface area contributed by atoms with Crippen LogP contribution in [-0.2, 0) is 11.2 Å². The van der Waals surface area contributed by atoms with E-state index in [9.17, 15) is 4.79 Å². The van der Waals surface area contributed by atoms with Gasteiger partial charge in [-0.3, -0.25) is 9.79 Å². The second-order valence-electron chi connectivity index (χ2n) is 9.68. The van der Waals surface area contributed by atoms with E-state index < -0.39 is 0 Å². The van der Waals surface area contributed by atoms with Gasteiger partial charge in [0.25, 0.3) is 0 Å². The molecule has 6 heteroatoms. The van der Waals surface area contributed by atoms with Gasteiger partial charge in [0.15, 0.2) is 5.96 Å². The average molecular weight is 442 g/mol. The van der Waals surface area contributed by atoms with Gasteiger partial charge in [-0.1, -0.05) is 49.6 Å². The van der Waals surface area contributed by atoms with Gasteiger partial charge in [-0.05, 0) is 51.8 Å². The molecule has 1 aliphatic heterocycles. The summed E-state index contributed by atoms with van der Waals surface area (Å²) in [4.78, 5) is 21.8. The number of nitrogens with zero attached hydrogens (tertiary/aromatic N) is 3. The Morgan fingerprint density at radius 1 is 1.16 bits per heavy atom. The number of hydrogen-bond acceptors (Lipinski definition) is 3. The molecule has 0 aromatic heterocycles. The quantitative estimate of drug-likeness (QED) is 0.433. The van der Waals surface area contributed by atoms with Gasteiger partial charge in [-0.15, -0.1) is 0 Å². The van der Waals surface area contributed by atoms with E-state index in [-0.39, 0.29) is 5.91 Å². The van der Waals surface area contributed by atoms with Crippen molar-refractivity contribution in [2.24, 2.45) is 16.8 Å². The largest absolute Gasteiger partial charge is 0.357 e. The van der Waals surface area contributed by atoms with E-state index in [4.69, 9.17) is 4.99 Å². The number of guanidine groups is 1. The first-order valence-electron chi connectivity index (χ1n) is 12.6. The predicted octanol–water partition coefficient (Wildman–Crippen LogP) is 3.14. The summed E-state index contributed by atoms with van der Waals surface area (Å²) in [6, 6.07) is 10.9. The molecule has 1 amide bonds. The van der Waals surface area contributed by atoms with Crippen LogP contribution in [0.5, 0.6) is 0 Å². The Bertz CT molecular complexity index is 714. The molecule has 1 aromatic rings. The maximum absolute atomic E-state index is 12.5. The molecule has 1 saturated heterocycles. The molecule has 0 bridgehead atoms. The fourth-order valence-electron chi connectivity index (χ4n) is 5.14. The minimum absolute atomic E-state index is 0.277. The van der Waals surface area contributed by atoms with E-state index in [0.29, 0.717) is 18.4 Å². The van der Waals surface area contributed by atoms with Crippen molar-refractivity contribution in [3.05, 3.63) is 35.9 Å². The summed E-state index contributed by atoms with van der Waals surface area (Å²) in [5.41, 5.74) is 1.29. The third-order valence-corrected chi connectivity index (χ3v) is 7.00. The lowest BCUT2D eigenvalue weighted by Crippen LogP contribution is -2.43. The number of aliphatic imine (C=N–C) groups is 1. The van der Waals surface area contributed by atoms with Crippen molar-refractivity contribution in [1.29, 1.82) is 0 Å². The molecule has 32 heavy (non-hydrogen) atoms. The number of likely N-dealkylation sites (N-methyl/N-ethyl adjacent to an activating group) is 1. The summed E-state index contributed by atoms with van der Waals surface area (Å²) in [5, 5.41) is 6.91. The molecule has 2 fully saturated rings. The van der Waals surface area contributed by atoms with Crippen LogP contribution in [0, 0.1) is 11.8 Å². The summed E-state index contributed by atoms with van der Waals surface area (Å²) >= 11 is 0. The fourth-order valence-corrected chi connectivity index (χ4v) is 5.14. The second-order valence-corrected chi connectivity index (χ2v) is 9.68. The standard InChI is InChI=1S/C26H43N5O/c1-4-27-26(29-19-24(30(2)3)23-13-9-6-10-14-23)28-18-22-17-25(32)31(20-22)16-15-21-11-7-5-8-12-21/h5,7-8,11-12,22-24H,4,6,9-10,13-20H2,1-3H3,(H2,27,28,29). The highest BCUT2D eigenvalue weighted by Gasteiger charge is 2.29. The number of nitrogens with one attached hydrogen (secondary N) is 2. The summed E-state index contributed by atoms with van der Waals surface area (Å²) in [6.45, 7) is 6.19. The van der Waals surface area contributed by atoms with Crippen LogP contribution < -0.4 is 10.6 Å². The third kappa shape index (κ3) is 7.51. The zero-order valence-corrected chi connectivity index (χ0v) is 20.4. The van der Waals surface area contributed by atoms with E-state index in [0.717, 1.165) is 51.0 Å². The SMILES string of the molecule is CCNC(=NCC(C1CCCCC1)N(C)C)NCC1CC(=O)N(CCc2ccccc2)C1. The Kier molecular flexibility index (Phi) is 9.85. The Labute approximate surface area is 194 Å². The van der Waals surface area contributed by atoms with Gasteiger partial charge in [-0.2, -0.15) is 0 Å². The van der Waals surface area contributed by atoms with Crippen molar-refractivity contribution in [3.63, 3.8) is 0 Å². The average Bonchev–Trinajstić information content (AvgIpc) is 3.16. The van der Waals surface area contributed by atoms with E-state index in [1.807, 2.05) is 11.0 Å². The first kappa shape index (κ1) is 24.6. The molecule has 0 radical (unpaired) electrons. The summed E-state index contributed by atoms with van der Waals surface area (Å²) < 4.78 is 0. The Balaban J connectivity index is 1.48. The maximum Gasteiger partial charge on any atom is 0.223 e. The Hall–Kier alpha value is -2.08. The lowest BCUT2D eigenvalue weighted by molar-refractivity contribution is -0.127. The van der Waals surface area contributed by atoms with Gasteiger partial charge >= 0.3 is 0 Å². The van der Waals surface area contributed by atoms with Crippen molar-refractivity contribution >= 4 is 11.9 Å². The van der Waals surface area contributed by atoms with E-state index >= 15 is 0 Å². The number of carbonyl (C=O) groups is 1. The van der Waals surface area contributed by atoms with E-state index in [1.165, 1.54) is 37.7 Å². The van der Waals surface area contributed by atoms with Crippen LogP contribution in [0.2, 0.25) is 0 Å². The van der Waals surface area contributed by atoms with Gasteiger partial charge in [0.2, 0.25) is 5.91 Å². The van der Waals surface area contributed by atoms with Crippen molar-refractivity contribution in [2.45, 2.75) is 57.9 Å². The Morgan fingerprint density at radius 2 is 1.91 bits per heavy atom. The molecule has 1 heterocycles. The molecular weight excluding hydrogens is 398 g/mol. The number of benzene rings is 1. The van der Waals surface area contributed by atoms with Gasteiger partial charge in [0.1, 0.15) is 0 Å². The van der Waals surface area contributed by atoms with Crippen molar-refractivity contribution in [3.8, 4) is 0 Å². The highest BCUT2D eigenvalue weighted by molar-refractivity contribution is 5.81. The number of hydrogen-bond donors (Lipinski definition) is 2. The van der Waals surface area contributed by atoms with Crippen LogP contribution in [0.4, 0.5) is 0 Å². The van der Waals surface area contributed by atoms with E-state index in [2.05, 4.69) is 60.8 Å². The number of rotatable bonds is 10. The topological polar surface area (TPSA) is 60.0 Å². The molecule has 1 aromatic carbocycles. The van der Waals surface area contributed by atoms with Gasteiger partial charge in [0, 0.05) is 44.6 Å². The summed E-state index contributed by atoms with van der Waals surface area (Å²) in [7, 11) is 4.37. The number of carbonyl (C=O) groups excluding carboxylic acids is 1. The molecule has 2 unspecified atom stereocenters. The third-order valence-electron chi connectivity index (χ3n) is 7.00. The molecule has 178 valence electrons. The minimum Gasteiger partial charge on any atom is -0.357 e. The first-order chi connectivity index (χ1) is 15.6. The van der Waals surface area contributed by atoms with E-state index in [1.54, 1.807) is 0 Å². The zero-order valence-electron chi connectivity index (χ0n) is 20.4. The second kappa shape index (κ2) is 12.8. The van der Waals surface area contributed by atoms with Crippen LogP contribution in [-0.4, -0.2) is 74.5 Å². The Morgan fingerprint density at radius 3 is 2.59 bits per heavy atom. The summed E-state index contributed by atoms with van der Waals surface area (Å²) in [5.74, 6) is 2.24. The van der Waals surface area contributed by atoms with Crippen LogP contribution in [0.15, 0.2) is 35.3 Å². The smallest absolute Gasteiger partial charge is 0.223 e. The number of likely N-dealkylation sites (tertiary alicyclic amines) is 1. The van der Waals surface area contributed by atoms with Crippen LogP contribution in [0.25, 0.3) is 0 Å². The van der Waals surface area contributed by atoms with Gasteiger partial charge in [-0.25, -0.2) is 0 Å². The van der Waals surface area contributed by atoms with Crippen LogP contribution >= 0.6 is 0 Å². The van der Waals surface area contributed by atoms with Crippen LogP contribution in [0.1, 0.15) is 51.0 Å². The first-order valence-corrected chi connectivity index (χ1v) is 12.6. The maximum atomic E-state index is 12.5. The van der Waals surface area contributed by atoms with Crippen LogP contribution in [0.3, 0.4) is 0 Å². The lowest BCUT2D eigenvalue weighted by Gasteiger charge is -2.34. The molecule has 2 aliphatic rings. The highest BCUT2D eigenvalue weighted by atomic mass is 16.2. The lowest BCUT2D eigenvalue weighted by atomic mass is 9.83. The molecule has 0 spiro atoms. The molecular formula is C26H43N5O. The van der Waals surface area contributed by atoms with Crippen molar-refractivity contribution < 1.29 is 4.79 Å². The molecule has 6 nitrogen and oxygen atoms in total. The minimum atomic E-state index is 0.277. The molecule has 2 atom stereocenters. The molecule has 2 N–H and O–H groups in total. The molecule has 3 rings (SSSR count). The highest BCUT2D eigenvalue weighted by Crippen LogP contribution is 2.28. The normalized spacial score (nSPS) is 21.2. The zero-order chi connectivity index (χ0) is 22.8. The predicted molar refractivity (Wildman–Crippen MR) is 133 cm³/mol. The van der Waals surface area contributed by atoms with Gasteiger partial charge in [0.05, 0.1) is 6.54 Å². The monoisotopic (exact) mass is 441 g/mol. The van der Waals surface area contributed by atoms with Crippen molar-refractivity contribution in [2.75, 3.05) is 46.8 Å². The van der Waals surface area contributed by atoms with Crippen molar-refractivity contribution in [1.82, 2.24) is 20.4 Å². The van der Waals surface area contributed by atoms with Gasteiger partial charge < -0.3 is 20.4 Å². The summed E-state index contributed by atoms with van der Waals surface area (Å²) in [6.07, 6.45) is 8.29. The molecule has 1 saturated carbocycles.